The van der Waals surface area contributed by atoms with Gasteiger partial charge in [0.25, 0.3) is 5.91 Å². The zero-order valence-electron chi connectivity index (χ0n) is 25.1. The fourth-order valence-corrected chi connectivity index (χ4v) is 5.34. The Kier molecular flexibility index (Phi) is 11.1. The number of halogens is 1. The van der Waals surface area contributed by atoms with Crippen molar-refractivity contribution in [1.29, 1.82) is 0 Å². The molecule has 3 aromatic carbocycles. The van der Waals surface area contributed by atoms with Gasteiger partial charge >= 0.3 is 0 Å². The molecular formula is C32H34BrN5O5S. The molecule has 230 valence electrons. The number of anilines is 1. The summed E-state index contributed by atoms with van der Waals surface area (Å²) in [5, 5.41) is 15.5. The van der Waals surface area contributed by atoms with Crippen molar-refractivity contribution < 1.29 is 23.8 Å². The summed E-state index contributed by atoms with van der Waals surface area (Å²) in [6, 6.07) is 18.8. The molecular weight excluding hydrogens is 646 g/mol. The topological polar surface area (TPSA) is 124 Å². The van der Waals surface area contributed by atoms with Crippen molar-refractivity contribution in [2.24, 2.45) is 5.10 Å². The van der Waals surface area contributed by atoms with Crippen LogP contribution in [0.4, 0.5) is 5.13 Å². The van der Waals surface area contributed by atoms with Crippen LogP contribution in [0.5, 0.6) is 17.2 Å². The number of nitrogens with one attached hydrogen (secondary N) is 2. The van der Waals surface area contributed by atoms with Crippen LogP contribution in [0.2, 0.25) is 0 Å². The number of ether oxygens (including phenoxy) is 3. The molecule has 44 heavy (non-hydrogen) atoms. The van der Waals surface area contributed by atoms with Crippen LogP contribution in [0.15, 0.2) is 70.2 Å². The van der Waals surface area contributed by atoms with Crippen LogP contribution >= 0.6 is 27.3 Å². The number of amides is 2. The highest BCUT2D eigenvalue weighted by atomic mass is 79.9. The van der Waals surface area contributed by atoms with Crippen LogP contribution in [-0.4, -0.2) is 48.5 Å². The van der Waals surface area contributed by atoms with E-state index in [4.69, 9.17) is 14.2 Å². The molecule has 0 aliphatic carbocycles. The van der Waals surface area contributed by atoms with E-state index >= 15 is 0 Å². The maximum absolute atomic E-state index is 12.5. The zero-order chi connectivity index (χ0) is 31.7. The molecule has 0 radical (unpaired) electrons. The summed E-state index contributed by atoms with van der Waals surface area (Å²) in [5.41, 5.74) is 5.88. The summed E-state index contributed by atoms with van der Waals surface area (Å²) in [6.45, 7) is 9.03. The van der Waals surface area contributed by atoms with Crippen molar-refractivity contribution in [3.05, 3.63) is 92.4 Å². The van der Waals surface area contributed by atoms with Crippen molar-refractivity contribution in [2.75, 3.05) is 25.6 Å². The van der Waals surface area contributed by atoms with Crippen LogP contribution in [0.25, 0.3) is 0 Å². The molecule has 0 bridgehead atoms. The SMILES string of the molecule is COc1cc(/C=N/NC(=O)Cc2nnc(NC(=O)c3ccccc3C)s2)cc(Br)c1OCCOc1ccc(C(C)(C)C)cc1. The molecule has 0 fully saturated rings. The van der Waals surface area contributed by atoms with Gasteiger partial charge in [-0.2, -0.15) is 5.10 Å². The fourth-order valence-electron chi connectivity index (χ4n) is 4.03. The minimum Gasteiger partial charge on any atom is -0.493 e. The molecule has 4 aromatic rings. The Labute approximate surface area is 269 Å². The molecule has 10 nitrogen and oxygen atoms in total. The summed E-state index contributed by atoms with van der Waals surface area (Å²) in [5.74, 6) is 1.14. The Hall–Kier alpha value is -4.29. The van der Waals surface area contributed by atoms with Crippen LogP contribution in [0, 0.1) is 6.92 Å². The average molecular weight is 681 g/mol. The number of carbonyl (C=O) groups excluding carboxylic acids is 2. The first-order chi connectivity index (χ1) is 21.0. The van der Waals surface area contributed by atoms with Gasteiger partial charge in [-0.3, -0.25) is 14.9 Å². The number of carbonyl (C=O) groups is 2. The van der Waals surface area contributed by atoms with Crippen LogP contribution < -0.4 is 25.0 Å². The molecule has 2 N–H and O–H groups in total. The molecule has 0 aliphatic rings. The van der Waals surface area contributed by atoms with Gasteiger partial charge in [-0.25, -0.2) is 5.43 Å². The highest BCUT2D eigenvalue weighted by Crippen LogP contribution is 2.36. The molecule has 0 atom stereocenters. The summed E-state index contributed by atoms with van der Waals surface area (Å²) < 4.78 is 17.9. The predicted octanol–water partition coefficient (Wildman–Crippen LogP) is 6.32. The first kappa shape index (κ1) is 32.6. The largest absolute Gasteiger partial charge is 0.493 e. The lowest BCUT2D eigenvalue weighted by Gasteiger charge is -2.19. The first-order valence-corrected chi connectivity index (χ1v) is 15.4. The van der Waals surface area contributed by atoms with E-state index in [2.05, 4.69) is 74.9 Å². The standard InChI is InChI=1S/C32H34BrN5O5S/c1-20-8-6-7-9-24(20)30(40)35-31-38-37-28(44-31)18-27(39)36-34-19-21-16-25(33)29(26(17-21)41-5)43-15-14-42-23-12-10-22(11-13-23)32(2,3)4/h6-13,16-17,19H,14-15,18H2,1-5H3,(H,36,39)(H,35,38,40)/b34-19+. The minimum atomic E-state index is -0.381. The Balaban J connectivity index is 1.25. The lowest BCUT2D eigenvalue weighted by atomic mass is 9.87. The third-order valence-corrected chi connectivity index (χ3v) is 7.79. The maximum atomic E-state index is 12.5. The summed E-state index contributed by atoms with van der Waals surface area (Å²) in [6.07, 6.45) is 1.45. The van der Waals surface area contributed by atoms with Gasteiger partial charge in [0.05, 0.1) is 24.2 Å². The Morgan fingerprint density at radius 2 is 1.75 bits per heavy atom. The van der Waals surface area contributed by atoms with Gasteiger partial charge in [0.2, 0.25) is 11.0 Å². The molecule has 2 amide bonds. The molecule has 4 rings (SSSR count). The van der Waals surface area contributed by atoms with Crippen molar-refractivity contribution in [1.82, 2.24) is 15.6 Å². The molecule has 1 heterocycles. The first-order valence-electron chi connectivity index (χ1n) is 13.8. The Morgan fingerprint density at radius 3 is 2.45 bits per heavy atom. The summed E-state index contributed by atoms with van der Waals surface area (Å²) in [4.78, 5) is 24.9. The molecule has 0 spiro atoms. The lowest BCUT2D eigenvalue weighted by molar-refractivity contribution is -0.120. The van der Waals surface area contributed by atoms with E-state index in [0.29, 0.717) is 50.5 Å². The number of methoxy groups -OCH3 is 1. The lowest BCUT2D eigenvalue weighted by Crippen LogP contribution is -2.19. The summed E-state index contributed by atoms with van der Waals surface area (Å²) in [7, 11) is 1.55. The van der Waals surface area contributed by atoms with Crippen molar-refractivity contribution in [3.8, 4) is 17.2 Å². The second kappa shape index (κ2) is 14.9. The predicted molar refractivity (Wildman–Crippen MR) is 175 cm³/mol. The number of hydrazone groups is 1. The number of aryl methyl sites for hydroxylation is 1. The number of nitrogens with zero attached hydrogens (tertiary/aromatic N) is 3. The maximum Gasteiger partial charge on any atom is 0.257 e. The van der Waals surface area contributed by atoms with Gasteiger partial charge in [0, 0.05) is 5.56 Å². The van der Waals surface area contributed by atoms with E-state index in [1.54, 1.807) is 31.4 Å². The van der Waals surface area contributed by atoms with Crippen LogP contribution in [-0.2, 0) is 16.6 Å². The normalized spacial score (nSPS) is 11.3. The van der Waals surface area contributed by atoms with Gasteiger partial charge in [-0.05, 0) is 75.3 Å². The number of benzene rings is 3. The second-order valence-electron chi connectivity index (χ2n) is 10.7. The number of hydrogen-bond acceptors (Lipinski definition) is 9. The van der Waals surface area contributed by atoms with E-state index in [9.17, 15) is 9.59 Å². The Bertz CT molecular complexity index is 1630. The quantitative estimate of drug-likeness (QED) is 0.102. The number of aromatic nitrogens is 2. The fraction of sp³-hybridized carbons (Fsp3) is 0.281. The average Bonchev–Trinajstić information content (AvgIpc) is 3.42. The zero-order valence-corrected chi connectivity index (χ0v) is 27.5. The second-order valence-corrected chi connectivity index (χ2v) is 12.7. The van der Waals surface area contributed by atoms with E-state index in [1.165, 1.54) is 11.8 Å². The molecule has 1 aromatic heterocycles. The van der Waals surface area contributed by atoms with E-state index < -0.39 is 0 Å². The van der Waals surface area contributed by atoms with Crippen molar-refractivity contribution >= 4 is 50.4 Å². The van der Waals surface area contributed by atoms with Crippen LogP contribution in [0.3, 0.4) is 0 Å². The molecule has 0 saturated heterocycles. The highest BCUT2D eigenvalue weighted by Gasteiger charge is 2.15. The smallest absolute Gasteiger partial charge is 0.257 e. The summed E-state index contributed by atoms with van der Waals surface area (Å²) >= 11 is 4.65. The van der Waals surface area contributed by atoms with Gasteiger partial charge < -0.3 is 14.2 Å². The molecule has 0 unspecified atom stereocenters. The number of hydrogen-bond donors (Lipinski definition) is 2. The minimum absolute atomic E-state index is 0.0438. The highest BCUT2D eigenvalue weighted by molar-refractivity contribution is 9.10. The monoisotopic (exact) mass is 679 g/mol. The van der Waals surface area contributed by atoms with Crippen molar-refractivity contribution in [3.63, 3.8) is 0 Å². The van der Waals surface area contributed by atoms with Gasteiger partial charge in [-0.1, -0.05) is 62.4 Å². The van der Waals surface area contributed by atoms with Gasteiger partial charge in [0.1, 0.15) is 24.0 Å². The van der Waals surface area contributed by atoms with E-state index in [-0.39, 0.29) is 23.7 Å². The number of rotatable bonds is 12. The molecule has 0 saturated carbocycles. The van der Waals surface area contributed by atoms with Gasteiger partial charge in [-0.15, -0.1) is 10.2 Å². The van der Waals surface area contributed by atoms with E-state index in [1.807, 2.05) is 31.2 Å². The Morgan fingerprint density at radius 1 is 1.02 bits per heavy atom. The van der Waals surface area contributed by atoms with E-state index in [0.717, 1.165) is 22.6 Å². The van der Waals surface area contributed by atoms with Crippen LogP contribution in [0.1, 0.15) is 52.8 Å². The third-order valence-electron chi connectivity index (χ3n) is 6.36. The molecule has 0 aliphatic heterocycles. The third kappa shape index (κ3) is 9.10. The molecule has 12 heteroatoms. The van der Waals surface area contributed by atoms with Crippen molar-refractivity contribution in [2.45, 2.75) is 39.5 Å². The van der Waals surface area contributed by atoms with Gasteiger partial charge in [0.15, 0.2) is 11.5 Å².